The first-order valence-electron chi connectivity index (χ1n) is 27.8. The van der Waals surface area contributed by atoms with Crippen LogP contribution in [-0.4, -0.2) is 47.4 Å². The minimum absolute atomic E-state index is 0.0233. The molecule has 6 nitrogen and oxygen atoms in total. The van der Waals surface area contributed by atoms with Crippen molar-refractivity contribution in [1.29, 1.82) is 0 Å². The third-order valence-electron chi connectivity index (χ3n) is 12.7. The lowest BCUT2D eigenvalue weighted by atomic mass is 10.0. The van der Waals surface area contributed by atoms with Crippen LogP contribution in [0.4, 0.5) is 0 Å². The Morgan fingerprint density at radius 1 is 0.444 bits per heavy atom. The Morgan fingerprint density at radius 3 is 1.17 bits per heavy atom. The molecule has 1 amide bonds. The van der Waals surface area contributed by atoms with Crippen molar-refractivity contribution in [3.63, 3.8) is 0 Å². The number of aliphatic hydroxyl groups excluding tert-OH is 2. The topological polar surface area (TPSA) is 95.9 Å². The number of allylic oxidation sites excluding steroid dienone is 5. The van der Waals surface area contributed by atoms with Crippen LogP contribution in [0.1, 0.15) is 290 Å². The van der Waals surface area contributed by atoms with Crippen molar-refractivity contribution >= 4 is 11.9 Å². The van der Waals surface area contributed by atoms with E-state index < -0.39 is 12.1 Å². The molecule has 0 aliphatic rings. The minimum atomic E-state index is -0.859. The van der Waals surface area contributed by atoms with Gasteiger partial charge in [-0.3, -0.25) is 9.59 Å². The van der Waals surface area contributed by atoms with Crippen LogP contribution in [0, 0.1) is 0 Å². The molecular formula is C57H107NO5. The van der Waals surface area contributed by atoms with Gasteiger partial charge in [-0.25, -0.2) is 0 Å². The number of hydrogen-bond acceptors (Lipinski definition) is 5. The smallest absolute Gasteiger partial charge is 0.305 e. The lowest BCUT2D eigenvalue weighted by molar-refractivity contribution is -0.143. The standard InChI is InChI=1S/C57H107NO5/c1-3-5-7-9-11-13-15-16-17-18-19-20-21-23-26-30-33-37-41-45-49-55(60)54(53-59)58-56(61)50-46-42-38-34-31-27-24-22-25-28-32-36-40-44-48-52-63-57(62)51-47-43-39-35-29-14-12-10-8-6-4-2/h22,25,28,32,45,49,54-55,59-60H,3-21,23-24,26-27,29-31,33-44,46-48,50-53H2,1-2H3,(H,58,61)/b25-22-,32-28-,49-45+. The molecule has 3 N–H and O–H groups in total. The van der Waals surface area contributed by atoms with Gasteiger partial charge in [-0.15, -0.1) is 0 Å². The number of hydrogen-bond donors (Lipinski definition) is 3. The predicted octanol–water partition coefficient (Wildman–Crippen LogP) is 16.9. The van der Waals surface area contributed by atoms with Gasteiger partial charge in [0.1, 0.15) is 0 Å². The number of ether oxygens (including phenoxy) is 1. The lowest BCUT2D eigenvalue weighted by Crippen LogP contribution is -2.45. The molecule has 0 aromatic rings. The van der Waals surface area contributed by atoms with E-state index in [1.54, 1.807) is 6.08 Å². The molecule has 0 spiro atoms. The van der Waals surface area contributed by atoms with Crippen LogP contribution in [0.3, 0.4) is 0 Å². The average Bonchev–Trinajstić information content (AvgIpc) is 3.28. The van der Waals surface area contributed by atoms with Crippen LogP contribution in [0.15, 0.2) is 36.5 Å². The summed E-state index contributed by atoms with van der Waals surface area (Å²) in [5, 5.41) is 23.1. The fraction of sp³-hybridized carbons (Fsp3) is 0.860. The fourth-order valence-corrected chi connectivity index (χ4v) is 8.39. The number of rotatable bonds is 51. The SMILES string of the molecule is CCCCCCCCCCCCCCCCCCCC/C=C/C(O)C(CO)NC(=O)CCCCCCCC/C=C\C=C/CCCCCOC(=O)CCCCCCCCCCCCC. The highest BCUT2D eigenvalue weighted by Crippen LogP contribution is 2.16. The Balaban J connectivity index is 3.56. The maximum absolute atomic E-state index is 12.5. The summed E-state index contributed by atoms with van der Waals surface area (Å²) < 4.78 is 5.43. The maximum Gasteiger partial charge on any atom is 0.305 e. The highest BCUT2D eigenvalue weighted by atomic mass is 16.5. The van der Waals surface area contributed by atoms with E-state index in [0.29, 0.717) is 19.4 Å². The lowest BCUT2D eigenvalue weighted by Gasteiger charge is -2.20. The van der Waals surface area contributed by atoms with Crippen molar-refractivity contribution in [3.8, 4) is 0 Å². The molecule has 0 rings (SSSR count). The van der Waals surface area contributed by atoms with Crippen molar-refractivity contribution in [2.75, 3.05) is 13.2 Å². The molecule has 0 aliphatic heterocycles. The largest absolute Gasteiger partial charge is 0.466 e. The number of esters is 1. The van der Waals surface area contributed by atoms with E-state index in [4.69, 9.17) is 4.74 Å². The van der Waals surface area contributed by atoms with E-state index >= 15 is 0 Å². The first-order chi connectivity index (χ1) is 31.0. The number of unbranched alkanes of at least 4 members (excludes halogenated alkanes) is 37. The van der Waals surface area contributed by atoms with Gasteiger partial charge in [-0.05, 0) is 64.2 Å². The van der Waals surface area contributed by atoms with Gasteiger partial charge in [0.15, 0.2) is 0 Å². The number of nitrogens with one attached hydrogen (secondary N) is 1. The van der Waals surface area contributed by atoms with E-state index in [1.165, 1.54) is 186 Å². The number of carbonyl (C=O) groups is 2. The third kappa shape index (κ3) is 49.4. The van der Waals surface area contributed by atoms with Gasteiger partial charge in [-0.1, -0.05) is 249 Å². The molecule has 0 aliphatic carbocycles. The molecule has 0 aromatic carbocycles. The van der Waals surface area contributed by atoms with Crippen LogP contribution >= 0.6 is 0 Å². The van der Waals surface area contributed by atoms with E-state index in [1.807, 2.05) is 6.08 Å². The second-order valence-electron chi connectivity index (χ2n) is 18.9. The summed E-state index contributed by atoms with van der Waals surface area (Å²) in [7, 11) is 0. The minimum Gasteiger partial charge on any atom is -0.466 e. The number of carbonyl (C=O) groups excluding carboxylic acids is 2. The molecule has 2 unspecified atom stereocenters. The zero-order valence-electron chi connectivity index (χ0n) is 42.1. The van der Waals surface area contributed by atoms with Gasteiger partial charge in [0, 0.05) is 12.8 Å². The highest BCUT2D eigenvalue weighted by Gasteiger charge is 2.18. The van der Waals surface area contributed by atoms with Crippen molar-refractivity contribution in [2.24, 2.45) is 0 Å². The molecular weight excluding hydrogens is 779 g/mol. The van der Waals surface area contributed by atoms with Crippen molar-refractivity contribution < 1.29 is 24.5 Å². The van der Waals surface area contributed by atoms with E-state index in [2.05, 4.69) is 43.5 Å². The maximum atomic E-state index is 12.5. The first kappa shape index (κ1) is 61.1. The van der Waals surface area contributed by atoms with Crippen LogP contribution in [0.2, 0.25) is 0 Å². The summed E-state index contributed by atoms with van der Waals surface area (Å²) in [6, 6.07) is -0.645. The quantitative estimate of drug-likeness (QED) is 0.0245. The van der Waals surface area contributed by atoms with E-state index in [-0.39, 0.29) is 18.5 Å². The molecule has 0 aromatic heterocycles. The normalized spacial score (nSPS) is 12.9. The summed E-state index contributed by atoms with van der Waals surface area (Å²) in [5.74, 6) is -0.112. The summed E-state index contributed by atoms with van der Waals surface area (Å²) >= 11 is 0. The van der Waals surface area contributed by atoms with E-state index in [0.717, 1.165) is 77.0 Å². The molecule has 0 fully saturated rings. The number of aliphatic hydroxyl groups is 2. The Morgan fingerprint density at radius 2 is 0.778 bits per heavy atom. The van der Waals surface area contributed by atoms with Crippen molar-refractivity contribution in [3.05, 3.63) is 36.5 Å². The van der Waals surface area contributed by atoms with Crippen molar-refractivity contribution in [1.82, 2.24) is 5.32 Å². The molecule has 6 heteroatoms. The molecule has 0 saturated carbocycles. The Bertz CT molecular complexity index is 1020. The van der Waals surface area contributed by atoms with Crippen LogP contribution in [0.25, 0.3) is 0 Å². The summed E-state index contributed by atoms with van der Waals surface area (Å²) in [6.45, 7) is 4.85. The first-order valence-corrected chi connectivity index (χ1v) is 27.8. The van der Waals surface area contributed by atoms with Crippen LogP contribution in [0.5, 0.6) is 0 Å². The molecule has 0 bridgehead atoms. The summed E-state index contributed by atoms with van der Waals surface area (Å²) in [6.07, 6.45) is 64.4. The predicted molar refractivity (Wildman–Crippen MR) is 273 cm³/mol. The second kappa shape index (κ2) is 52.7. The zero-order chi connectivity index (χ0) is 45.8. The van der Waals surface area contributed by atoms with Gasteiger partial charge < -0.3 is 20.3 Å². The number of amides is 1. The summed E-state index contributed by atoms with van der Waals surface area (Å²) in [5.41, 5.74) is 0. The molecule has 0 radical (unpaired) electrons. The Labute approximate surface area is 392 Å². The average molecular weight is 886 g/mol. The Kier molecular flexibility index (Phi) is 51.1. The molecule has 2 atom stereocenters. The van der Waals surface area contributed by atoms with Gasteiger partial charge in [0.2, 0.25) is 5.91 Å². The third-order valence-corrected chi connectivity index (χ3v) is 12.7. The summed E-state index contributed by atoms with van der Waals surface area (Å²) in [4.78, 5) is 24.4. The van der Waals surface area contributed by atoms with Gasteiger partial charge in [0.25, 0.3) is 0 Å². The molecule has 63 heavy (non-hydrogen) atoms. The molecule has 370 valence electrons. The Hall–Kier alpha value is -1.92. The van der Waals surface area contributed by atoms with Crippen molar-refractivity contribution in [2.45, 2.75) is 302 Å². The monoisotopic (exact) mass is 886 g/mol. The second-order valence-corrected chi connectivity index (χ2v) is 18.9. The van der Waals surface area contributed by atoms with Gasteiger partial charge in [0.05, 0.1) is 25.4 Å². The van der Waals surface area contributed by atoms with Crippen LogP contribution < -0.4 is 5.32 Å². The van der Waals surface area contributed by atoms with Gasteiger partial charge >= 0.3 is 5.97 Å². The highest BCUT2D eigenvalue weighted by molar-refractivity contribution is 5.76. The van der Waals surface area contributed by atoms with Crippen LogP contribution in [-0.2, 0) is 14.3 Å². The fourth-order valence-electron chi connectivity index (χ4n) is 8.39. The molecule has 0 heterocycles. The zero-order valence-corrected chi connectivity index (χ0v) is 42.1. The van der Waals surface area contributed by atoms with E-state index in [9.17, 15) is 19.8 Å². The molecule has 0 saturated heterocycles. The van der Waals surface area contributed by atoms with Gasteiger partial charge in [-0.2, -0.15) is 0 Å².